The number of ether oxygens (including phenoxy) is 3. The average molecular weight is 369 g/mol. The zero-order chi connectivity index (χ0) is 18.9. The summed E-state index contributed by atoms with van der Waals surface area (Å²) in [6, 6.07) is 20.6. The molecule has 0 spiro atoms. The summed E-state index contributed by atoms with van der Waals surface area (Å²) in [5, 5.41) is 0. The van der Waals surface area contributed by atoms with Gasteiger partial charge in [0.15, 0.2) is 0 Å². The van der Waals surface area contributed by atoms with Crippen molar-refractivity contribution < 1.29 is 14.2 Å². The normalized spacial score (nSPS) is 17.9. The van der Waals surface area contributed by atoms with E-state index in [1.54, 1.807) is 7.11 Å². The minimum atomic E-state index is -0.0620. The van der Waals surface area contributed by atoms with Gasteiger partial charge in [0, 0.05) is 7.11 Å². The van der Waals surface area contributed by atoms with E-state index >= 15 is 0 Å². The Hall–Kier alpha value is -1.68. The molecule has 0 aromatic heterocycles. The number of hydrogen-bond donors (Lipinski definition) is 0. The van der Waals surface area contributed by atoms with Crippen molar-refractivity contribution in [1.82, 2.24) is 0 Å². The van der Waals surface area contributed by atoms with Gasteiger partial charge in [-0.05, 0) is 23.0 Å². The maximum absolute atomic E-state index is 6.40. The molecule has 2 aromatic carbocycles. The first-order chi connectivity index (χ1) is 13.3. The van der Waals surface area contributed by atoms with Gasteiger partial charge in [-0.1, -0.05) is 86.8 Å². The second-order valence-corrected chi connectivity index (χ2v) is 7.59. The molecule has 0 radical (unpaired) electrons. The molecular formula is C24H32O3. The van der Waals surface area contributed by atoms with Crippen LogP contribution >= 0.6 is 0 Å². The van der Waals surface area contributed by atoms with Crippen molar-refractivity contribution >= 4 is 0 Å². The molecule has 0 bridgehead atoms. The zero-order valence-corrected chi connectivity index (χ0v) is 16.6. The summed E-state index contributed by atoms with van der Waals surface area (Å²) < 4.78 is 18.2. The predicted molar refractivity (Wildman–Crippen MR) is 108 cm³/mol. The molecule has 0 aliphatic heterocycles. The number of hydrogen-bond acceptors (Lipinski definition) is 3. The molecule has 0 N–H and O–H groups in total. The lowest BCUT2D eigenvalue weighted by atomic mass is 9.73. The van der Waals surface area contributed by atoms with Gasteiger partial charge in [0.25, 0.3) is 0 Å². The molecule has 3 unspecified atom stereocenters. The lowest BCUT2D eigenvalue weighted by Gasteiger charge is -2.39. The molecule has 27 heavy (non-hydrogen) atoms. The third-order valence-corrected chi connectivity index (χ3v) is 5.76. The summed E-state index contributed by atoms with van der Waals surface area (Å²) in [7, 11) is 1.77. The summed E-state index contributed by atoms with van der Waals surface area (Å²) in [5.41, 5.74) is 2.38. The topological polar surface area (TPSA) is 27.7 Å². The SMILES string of the molecule is COC(COCc1ccccc1)C(OCc1ccccc1)C(C)C1CCC1. The highest BCUT2D eigenvalue weighted by molar-refractivity contribution is 5.14. The first-order valence-electron chi connectivity index (χ1n) is 10.1. The quantitative estimate of drug-likeness (QED) is 0.543. The number of methoxy groups -OCH3 is 1. The Morgan fingerprint density at radius 1 is 0.889 bits per heavy atom. The van der Waals surface area contributed by atoms with Gasteiger partial charge < -0.3 is 14.2 Å². The summed E-state index contributed by atoms with van der Waals surface area (Å²) in [6.07, 6.45) is 3.91. The van der Waals surface area contributed by atoms with E-state index in [2.05, 4.69) is 43.3 Å². The Kier molecular flexibility index (Phi) is 7.88. The first kappa shape index (κ1) is 20.1. The molecule has 2 aromatic rings. The average Bonchev–Trinajstić information content (AvgIpc) is 2.67. The molecule has 1 saturated carbocycles. The molecule has 1 aliphatic carbocycles. The fourth-order valence-corrected chi connectivity index (χ4v) is 3.76. The van der Waals surface area contributed by atoms with Crippen LogP contribution in [0.25, 0.3) is 0 Å². The van der Waals surface area contributed by atoms with Gasteiger partial charge in [-0.15, -0.1) is 0 Å². The Balaban J connectivity index is 1.59. The van der Waals surface area contributed by atoms with Crippen molar-refractivity contribution in [3.8, 4) is 0 Å². The lowest BCUT2D eigenvalue weighted by molar-refractivity contribution is -0.129. The van der Waals surface area contributed by atoms with Crippen molar-refractivity contribution in [2.45, 2.75) is 51.6 Å². The Labute approximate surface area is 163 Å². The van der Waals surface area contributed by atoms with Crippen LogP contribution in [0.5, 0.6) is 0 Å². The number of rotatable bonds is 11. The highest BCUT2D eigenvalue weighted by Gasteiger charge is 2.35. The van der Waals surface area contributed by atoms with Gasteiger partial charge in [0.2, 0.25) is 0 Å². The van der Waals surface area contributed by atoms with Crippen LogP contribution < -0.4 is 0 Å². The third-order valence-electron chi connectivity index (χ3n) is 5.76. The van der Waals surface area contributed by atoms with Gasteiger partial charge in [-0.2, -0.15) is 0 Å². The van der Waals surface area contributed by atoms with Crippen molar-refractivity contribution in [1.29, 1.82) is 0 Å². The third kappa shape index (κ3) is 5.90. The van der Waals surface area contributed by atoms with Gasteiger partial charge in [0.1, 0.15) is 6.10 Å². The van der Waals surface area contributed by atoms with Crippen molar-refractivity contribution in [2.24, 2.45) is 11.8 Å². The summed E-state index contributed by atoms with van der Waals surface area (Å²) >= 11 is 0. The van der Waals surface area contributed by atoms with Crippen LogP contribution in [0.15, 0.2) is 60.7 Å². The van der Waals surface area contributed by atoms with Gasteiger partial charge in [0.05, 0.1) is 25.9 Å². The molecule has 1 aliphatic rings. The first-order valence-corrected chi connectivity index (χ1v) is 10.1. The van der Waals surface area contributed by atoms with Crippen molar-refractivity contribution in [3.63, 3.8) is 0 Å². The van der Waals surface area contributed by atoms with Crippen LogP contribution in [0.1, 0.15) is 37.3 Å². The van der Waals surface area contributed by atoms with Gasteiger partial charge >= 0.3 is 0 Å². The molecular weight excluding hydrogens is 336 g/mol. The van der Waals surface area contributed by atoms with Crippen LogP contribution in [0, 0.1) is 11.8 Å². The van der Waals surface area contributed by atoms with E-state index in [1.807, 2.05) is 24.3 Å². The Morgan fingerprint density at radius 3 is 2.00 bits per heavy atom. The van der Waals surface area contributed by atoms with Crippen molar-refractivity contribution in [3.05, 3.63) is 71.8 Å². The van der Waals surface area contributed by atoms with E-state index in [4.69, 9.17) is 14.2 Å². The molecule has 3 heteroatoms. The van der Waals surface area contributed by atoms with Crippen LogP contribution in [0.4, 0.5) is 0 Å². The summed E-state index contributed by atoms with van der Waals surface area (Å²) in [5.74, 6) is 1.20. The van der Waals surface area contributed by atoms with Crippen LogP contribution in [0.3, 0.4) is 0 Å². The standard InChI is InChI=1S/C24H32O3/c1-19(22-14-9-15-22)24(27-17-21-12-7-4-8-13-21)23(25-2)18-26-16-20-10-5-3-6-11-20/h3-8,10-13,19,22-24H,9,14-18H2,1-2H3. The highest BCUT2D eigenvalue weighted by Crippen LogP contribution is 2.37. The van der Waals surface area contributed by atoms with Crippen LogP contribution in [-0.4, -0.2) is 25.9 Å². The van der Waals surface area contributed by atoms with E-state index in [0.29, 0.717) is 25.7 Å². The Morgan fingerprint density at radius 2 is 1.48 bits per heavy atom. The van der Waals surface area contributed by atoms with Crippen LogP contribution in [-0.2, 0) is 27.4 Å². The molecule has 0 heterocycles. The Bertz CT molecular complexity index is 639. The zero-order valence-electron chi connectivity index (χ0n) is 16.6. The smallest absolute Gasteiger partial charge is 0.107 e. The summed E-state index contributed by atoms with van der Waals surface area (Å²) in [6.45, 7) is 4.07. The van der Waals surface area contributed by atoms with E-state index in [9.17, 15) is 0 Å². The van der Waals surface area contributed by atoms with E-state index in [-0.39, 0.29) is 12.2 Å². The van der Waals surface area contributed by atoms with E-state index < -0.39 is 0 Å². The minimum absolute atomic E-state index is 0.0382. The van der Waals surface area contributed by atoms with Crippen LogP contribution in [0.2, 0.25) is 0 Å². The van der Waals surface area contributed by atoms with Crippen molar-refractivity contribution in [2.75, 3.05) is 13.7 Å². The van der Waals surface area contributed by atoms with Gasteiger partial charge in [-0.3, -0.25) is 0 Å². The van der Waals surface area contributed by atoms with E-state index in [1.165, 1.54) is 30.4 Å². The predicted octanol–water partition coefficient (Wildman–Crippen LogP) is 5.24. The monoisotopic (exact) mass is 368 g/mol. The minimum Gasteiger partial charge on any atom is -0.376 e. The molecule has 146 valence electrons. The number of benzene rings is 2. The molecule has 3 rings (SSSR count). The van der Waals surface area contributed by atoms with E-state index in [0.717, 1.165) is 5.92 Å². The van der Waals surface area contributed by atoms with Gasteiger partial charge in [-0.25, -0.2) is 0 Å². The largest absolute Gasteiger partial charge is 0.376 e. The maximum atomic E-state index is 6.40. The molecule has 3 nitrogen and oxygen atoms in total. The maximum Gasteiger partial charge on any atom is 0.107 e. The molecule has 0 amide bonds. The second-order valence-electron chi connectivity index (χ2n) is 7.59. The molecule has 1 fully saturated rings. The fourth-order valence-electron chi connectivity index (χ4n) is 3.76. The molecule has 3 atom stereocenters. The lowest BCUT2D eigenvalue weighted by Crippen LogP contribution is -2.43. The second kappa shape index (κ2) is 10.6. The molecule has 0 saturated heterocycles. The highest BCUT2D eigenvalue weighted by atomic mass is 16.6. The summed E-state index contributed by atoms with van der Waals surface area (Å²) in [4.78, 5) is 0. The fraction of sp³-hybridized carbons (Fsp3) is 0.500.